The Balaban J connectivity index is 2.09. The Labute approximate surface area is 181 Å². The first-order valence-corrected chi connectivity index (χ1v) is 11.8. The molecule has 1 aromatic heterocycles. The van der Waals surface area contributed by atoms with Gasteiger partial charge in [-0.1, -0.05) is 31.2 Å². The van der Waals surface area contributed by atoms with Crippen molar-refractivity contribution in [1.29, 1.82) is 0 Å². The molecule has 0 aliphatic heterocycles. The smallest absolute Gasteiger partial charge is 0.259 e. The highest BCUT2D eigenvalue weighted by Gasteiger charge is 2.25. The Morgan fingerprint density at radius 1 is 1.17 bits per heavy atom. The molecule has 2 N–H and O–H groups in total. The Morgan fingerprint density at radius 2 is 1.87 bits per heavy atom. The number of nitrogens with zero attached hydrogens (tertiary/aromatic N) is 1. The van der Waals surface area contributed by atoms with E-state index < -0.39 is 28.0 Å². The van der Waals surface area contributed by atoms with Crippen LogP contribution in [0, 0.1) is 0 Å². The molecule has 1 heterocycles. The average molecular weight is 454 g/mol. The summed E-state index contributed by atoms with van der Waals surface area (Å²) >= 11 is 1.08. The van der Waals surface area contributed by atoms with Crippen molar-refractivity contribution in [3.05, 3.63) is 47.3 Å². The molecule has 0 fully saturated rings. The van der Waals surface area contributed by atoms with Crippen LogP contribution in [-0.4, -0.2) is 51.9 Å². The van der Waals surface area contributed by atoms with E-state index in [2.05, 4.69) is 10.0 Å². The first-order chi connectivity index (χ1) is 14.2. The van der Waals surface area contributed by atoms with Gasteiger partial charge in [-0.15, -0.1) is 11.3 Å². The Bertz CT molecular complexity index is 959. The molecule has 2 amide bonds. The lowest BCUT2D eigenvalue weighted by molar-refractivity contribution is -0.130. The number of likely N-dealkylation sites (N-methyl/N-ethyl adjacent to an activating group) is 1. The van der Waals surface area contributed by atoms with Crippen LogP contribution in [0.25, 0.3) is 0 Å². The fourth-order valence-electron chi connectivity index (χ4n) is 2.63. The molecule has 8 nitrogen and oxygen atoms in total. The van der Waals surface area contributed by atoms with Crippen LogP contribution in [-0.2, 0) is 19.6 Å². The van der Waals surface area contributed by atoms with Crippen LogP contribution in [0.2, 0.25) is 0 Å². The Hall–Kier alpha value is -2.43. The van der Waals surface area contributed by atoms with Gasteiger partial charge < -0.3 is 15.0 Å². The highest BCUT2D eigenvalue weighted by Crippen LogP contribution is 2.27. The Kier molecular flexibility index (Phi) is 8.39. The van der Waals surface area contributed by atoms with Gasteiger partial charge >= 0.3 is 0 Å². The third kappa shape index (κ3) is 6.28. The summed E-state index contributed by atoms with van der Waals surface area (Å²) in [4.78, 5) is 25.9. The predicted octanol–water partition coefficient (Wildman–Crippen LogP) is 2.15. The molecule has 0 saturated heterocycles. The highest BCUT2D eigenvalue weighted by molar-refractivity contribution is 7.91. The van der Waals surface area contributed by atoms with Gasteiger partial charge in [0.25, 0.3) is 15.9 Å². The minimum atomic E-state index is -3.76. The summed E-state index contributed by atoms with van der Waals surface area (Å²) in [5.74, 6) is -0.147. The number of hydrogen-bond donors (Lipinski definition) is 2. The number of para-hydroxylation sites is 1. The largest absolute Gasteiger partial charge is 0.483 e. The van der Waals surface area contributed by atoms with Gasteiger partial charge in [0.05, 0.1) is 12.1 Å². The zero-order chi connectivity index (χ0) is 22.3. The van der Waals surface area contributed by atoms with Gasteiger partial charge in [0.1, 0.15) is 9.96 Å². The maximum atomic E-state index is 12.7. The second-order valence-electron chi connectivity index (χ2n) is 6.86. The molecular weight excluding hydrogens is 426 g/mol. The number of ether oxygens (including phenoxy) is 1. The molecule has 0 saturated carbocycles. The van der Waals surface area contributed by atoms with Crippen molar-refractivity contribution in [3.8, 4) is 5.75 Å². The van der Waals surface area contributed by atoms with Crippen molar-refractivity contribution in [3.63, 3.8) is 0 Å². The lowest BCUT2D eigenvalue weighted by Gasteiger charge is -2.23. The van der Waals surface area contributed by atoms with Crippen LogP contribution >= 0.6 is 11.3 Å². The summed E-state index contributed by atoms with van der Waals surface area (Å²) < 4.78 is 32.9. The normalized spacial score (nSPS) is 13.3. The van der Waals surface area contributed by atoms with E-state index in [-0.39, 0.29) is 16.7 Å². The van der Waals surface area contributed by atoms with Crippen molar-refractivity contribution in [2.24, 2.45) is 0 Å². The monoisotopic (exact) mass is 453 g/mol. The van der Waals surface area contributed by atoms with Gasteiger partial charge in [-0.2, -0.15) is 4.72 Å². The van der Waals surface area contributed by atoms with E-state index >= 15 is 0 Å². The molecule has 0 aliphatic rings. The van der Waals surface area contributed by atoms with Crippen molar-refractivity contribution in [2.75, 3.05) is 20.7 Å². The van der Waals surface area contributed by atoms with Gasteiger partial charge in [0.15, 0.2) is 6.61 Å². The number of benzene rings is 1. The van der Waals surface area contributed by atoms with E-state index in [0.717, 1.165) is 11.3 Å². The van der Waals surface area contributed by atoms with Gasteiger partial charge in [-0.3, -0.25) is 9.59 Å². The molecular formula is C20H27N3O5S2. The Morgan fingerprint density at radius 3 is 2.47 bits per heavy atom. The van der Waals surface area contributed by atoms with E-state index in [4.69, 9.17) is 4.74 Å². The quantitative estimate of drug-likeness (QED) is 0.574. The first-order valence-electron chi connectivity index (χ1n) is 9.43. The standard InChI is InChI=1S/C20H27N3O5S2/c1-5-16(15-9-6-7-10-17(15)28-13-18(24)23(3)4)21-20(25)14(2)22-30(26,27)19-11-8-12-29-19/h6-12,14,16,22H,5,13H2,1-4H3,(H,21,25). The lowest BCUT2D eigenvalue weighted by atomic mass is 10.0. The molecule has 2 rings (SSSR count). The number of amides is 2. The molecule has 164 valence electrons. The van der Waals surface area contributed by atoms with Crippen molar-refractivity contribution < 1.29 is 22.7 Å². The second kappa shape index (κ2) is 10.6. The summed E-state index contributed by atoms with van der Waals surface area (Å²) in [6.07, 6.45) is 0.554. The van der Waals surface area contributed by atoms with Crippen molar-refractivity contribution in [1.82, 2.24) is 14.9 Å². The van der Waals surface area contributed by atoms with Crippen molar-refractivity contribution in [2.45, 2.75) is 36.6 Å². The molecule has 30 heavy (non-hydrogen) atoms. The van der Waals surface area contributed by atoms with Crippen LogP contribution < -0.4 is 14.8 Å². The van der Waals surface area contributed by atoms with Crippen LogP contribution in [0.5, 0.6) is 5.75 Å². The molecule has 0 bridgehead atoms. The minimum absolute atomic E-state index is 0.120. The summed E-state index contributed by atoms with van der Waals surface area (Å²) in [6, 6.07) is 8.88. The number of carbonyl (C=O) groups is 2. The summed E-state index contributed by atoms with van der Waals surface area (Å²) in [7, 11) is -0.474. The van der Waals surface area contributed by atoms with E-state index in [0.29, 0.717) is 17.7 Å². The van der Waals surface area contributed by atoms with Crippen LogP contribution in [0.1, 0.15) is 31.9 Å². The van der Waals surface area contributed by atoms with Crippen LogP contribution in [0.15, 0.2) is 46.0 Å². The maximum absolute atomic E-state index is 12.7. The number of thiophene rings is 1. The van der Waals surface area contributed by atoms with E-state index in [1.165, 1.54) is 17.9 Å². The van der Waals surface area contributed by atoms with Crippen LogP contribution in [0.4, 0.5) is 0 Å². The SMILES string of the molecule is CCC(NC(=O)C(C)NS(=O)(=O)c1cccs1)c1ccccc1OCC(=O)N(C)C. The number of nitrogens with one attached hydrogen (secondary N) is 2. The summed E-state index contributed by atoms with van der Waals surface area (Å²) in [6.45, 7) is 3.27. The second-order valence-corrected chi connectivity index (χ2v) is 9.75. The molecule has 2 unspecified atom stereocenters. The van der Waals surface area contributed by atoms with E-state index in [9.17, 15) is 18.0 Å². The highest BCUT2D eigenvalue weighted by atomic mass is 32.2. The number of rotatable bonds is 10. The minimum Gasteiger partial charge on any atom is -0.483 e. The molecule has 2 aromatic rings. The zero-order valence-corrected chi connectivity index (χ0v) is 19.0. The molecule has 1 aromatic carbocycles. The molecule has 0 radical (unpaired) electrons. The number of carbonyl (C=O) groups excluding carboxylic acids is 2. The van der Waals surface area contributed by atoms with Gasteiger partial charge in [-0.05, 0) is 30.9 Å². The van der Waals surface area contributed by atoms with E-state index in [1.807, 2.05) is 19.1 Å². The lowest BCUT2D eigenvalue weighted by Crippen LogP contribution is -2.45. The fraction of sp³-hybridized carbons (Fsp3) is 0.400. The topological polar surface area (TPSA) is 105 Å². The maximum Gasteiger partial charge on any atom is 0.259 e. The third-order valence-electron chi connectivity index (χ3n) is 4.35. The molecule has 0 spiro atoms. The van der Waals surface area contributed by atoms with Gasteiger partial charge in [0.2, 0.25) is 5.91 Å². The fourth-order valence-corrected chi connectivity index (χ4v) is 4.84. The number of sulfonamides is 1. The molecule has 2 atom stereocenters. The van der Waals surface area contributed by atoms with Gasteiger partial charge in [0, 0.05) is 19.7 Å². The third-order valence-corrected chi connectivity index (χ3v) is 7.29. The molecule has 0 aliphatic carbocycles. The van der Waals surface area contributed by atoms with Crippen LogP contribution in [0.3, 0.4) is 0 Å². The summed E-state index contributed by atoms with van der Waals surface area (Å²) in [5.41, 5.74) is 0.716. The number of hydrogen-bond acceptors (Lipinski definition) is 6. The van der Waals surface area contributed by atoms with Gasteiger partial charge in [-0.25, -0.2) is 8.42 Å². The summed E-state index contributed by atoms with van der Waals surface area (Å²) in [5, 5.41) is 4.52. The average Bonchev–Trinajstić information content (AvgIpc) is 3.25. The first kappa shape index (κ1) is 23.8. The molecule has 10 heteroatoms. The zero-order valence-electron chi connectivity index (χ0n) is 17.4. The van der Waals surface area contributed by atoms with Crippen molar-refractivity contribution >= 4 is 33.2 Å². The van der Waals surface area contributed by atoms with E-state index in [1.54, 1.807) is 37.7 Å². The predicted molar refractivity (Wildman–Crippen MR) is 116 cm³/mol.